The van der Waals surface area contributed by atoms with Crippen LogP contribution < -0.4 is 5.32 Å². The molecule has 0 radical (unpaired) electrons. The lowest BCUT2D eigenvalue weighted by Crippen LogP contribution is -2.49. The molecule has 0 bridgehead atoms. The summed E-state index contributed by atoms with van der Waals surface area (Å²) in [5.74, 6) is 0. The number of ether oxygens (including phenoxy) is 1. The van der Waals surface area contributed by atoms with Crippen molar-refractivity contribution in [2.24, 2.45) is 0 Å². The van der Waals surface area contributed by atoms with Crippen molar-refractivity contribution in [3.63, 3.8) is 0 Å². The fraction of sp³-hybridized carbons (Fsp3) is 0.714. The van der Waals surface area contributed by atoms with Crippen LogP contribution in [-0.4, -0.2) is 53.3 Å². The fourth-order valence-electron chi connectivity index (χ4n) is 2.21. The molecular weight excluding hydrogens is 240 g/mol. The molecule has 0 saturated carbocycles. The van der Waals surface area contributed by atoms with E-state index in [2.05, 4.69) is 34.0 Å². The monoisotopic (exact) mass is 264 g/mol. The topological polar surface area (TPSA) is 50.3 Å². The highest BCUT2D eigenvalue weighted by molar-refractivity contribution is 5.00. The predicted octanol–water partition coefficient (Wildman–Crippen LogP) is 0.984. The second-order valence-electron chi connectivity index (χ2n) is 5.36. The Morgan fingerprint density at radius 1 is 1.42 bits per heavy atom. The molecule has 0 aromatic carbocycles. The highest BCUT2D eigenvalue weighted by Gasteiger charge is 2.21. The summed E-state index contributed by atoms with van der Waals surface area (Å²) in [5, 5.41) is 3.40. The van der Waals surface area contributed by atoms with Gasteiger partial charge in [-0.3, -0.25) is 14.9 Å². The van der Waals surface area contributed by atoms with E-state index in [1.54, 1.807) is 6.20 Å². The maximum absolute atomic E-state index is 5.78. The van der Waals surface area contributed by atoms with E-state index in [9.17, 15) is 0 Å². The molecule has 19 heavy (non-hydrogen) atoms. The molecule has 106 valence electrons. The quantitative estimate of drug-likeness (QED) is 0.859. The first-order chi connectivity index (χ1) is 9.15. The van der Waals surface area contributed by atoms with E-state index in [1.807, 2.05) is 13.1 Å². The minimum absolute atomic E-state index is 0.273. The molecule has 1 aliphatic heterocycles. The maximum atomic E-state index is 5.78. The summed E-state index contributed by atoms with van der Waals surface area (Å²) in [6.07, 6.45) is 3.90. The molecular formula is C14H24N4O. The molecule has 1 unspecified atom stereocenters. The van der Waals surface area contributed by atoms with Crippen LogP contribution in [-0.2, 0) is 11.3 Å². The molecule has 2 heterocycles. The van der Waals surface area contributed by atoms with Crippen LogP contribution in [0.5, 0.6) is 0 Å². The van der Waals surface area contributed by atoms with Gasteiger partial charge >= 0.3 is 0 Å². The van der Waals surface area contributed by atoms with E-state index < -0.39 is 0 Å². The number of nitrogens with zero attached hydrogens (tertiary/aromatic N) is 3. The molecule has 1 atom stereocenters. The van der Waals surface area contributed by atoms with Gasteiger partial charge in [-0.15, -0.1) is 0 Å². The third-order valence-corrected chi connectivity index (χ3v) is 3.41. The van der Waals surface area contributed by atoms with Gasteiger partial charge < -0.3 is 10.1 Å². The third-order valence-electron chi connectivity index (χ3n) is 3.41. The van der Waals surface area contributed by atoms with Crippen LogP contribution in [0.15, 0.2) is 12.4 Å². The molecule has 0 aliphatic carbocycles. The minimum Gasteiger partial charge on any atom is -0.374 e. The van der Waals surface area contributed by atoms with Crippen molar-refractivity contribution in [1.29, 1.82) is 0 Å². The summed E-state index contributed by atoms with van der Waals surface area (Å²) in [6.45, 7) is 10.9. The van der Waals surface area contributed by atoms with Crippen LogP contribution >= 0.6 is 0 Å². The summed E-state index contributed by atoms with van der Waals surface area (Å²) < 4.78 is 5.78. The zero-order valence-electron chi connectivity index (χ0n) is 12.1. The number of morpholine rings is 1. The van der Waals surface area contributed by atoms with Gasteiger partial charge in [0.05, 0.1) is 24.1 Å². The van der Waals surface area contributed by atoms with Crippen molar-refractivity contribution in [1.82, 2.24) is 20.2 Å². The van der Waals surface area contributed by atoms with Crippen LogP contribution in [0.2, 0.25) is 0 Å². The van der Waals surface area contributed by atoms with Gasteiger partial charge in [0.15, 0.2) is 0 Å². The van der Waals surface area contributed by atoms with Crippen LogP contribution in [0.25, 0.3) is 0 Å². The van der Waals surface area contributed by atoms with Gasteiger partial charge in [-0.05, 0) is 20.8 Å². The van der Waals surface area contributed by atoms with Crippen molar-refractivity contribution in [2.75, 3.05) is 26.2 Å². The first kappa shape index (κ1) is 14.4. The van der Waals surface area contributed by atoms with Gasteiger partial charge in [0.2, 0.25) is 0 Å². The largest absolute Gasteiger partial charge is 0.374 e. The number of hydrogen-bond acceptors (Lipinski definition) is 5. The molecule has 5 nitrogen and oxygen atoms in total. The van der Waals surface area contributed by atoms with Gasteiger partial charge in [0.1, 0.15) is 0 Å². The summed E-state index contributed by atoms with van der Waals surface area (Å²) in [6, 6.07) is 0.592. The van der Waals surface area contributed by atoms with Gasteiger partial charge in [-0.25, -0.2) is 0 Å². The number of hydrogen-bond donors (Lipinski definition) is 1. The number of rotatable bonds is 5. The van der Waals surface area contributed by atoms with E-state index in [1.165, 1.54) is 0 Å². The summed E-state index contributed by atoms with van der Waals surface area (Å²) >= 11 is 0. The van der Waals surface area contributed by atoms with Crippen LogP contribution in [0.3, 0.4) is 0 Å². The maximum Gasteiger partial charge on any atom is 0.0826 e. The molecule has 1 fully saturated rings. The van der Waals surface area contributed by atoms with E-state index in [4.69, 9.17) is 4.74 Å². The van der Waals surface area contributed by atoms with Gasteiger partial charge in [0, 0.05) is 44.6 Å². The molecule has 1 aromatic rings. The van der Waals surface area contributed by atoms with Crippen LogP contribution in [0, 0.1) is 6.92 Å². The van der Waals surface area contributed by atoms with Crippen molar-refractivity contribution in [3.05, 3.63) is 23.8 Å². The Bertz CT molecular complexity index is 380. The highest BCUT2D eigenvalue weighted by atomic mass is 16.5. The van der Waals surface area contributed by atoms with Gasteiger partial charge in [0.25, 0.3) is 0 Å². The van der Waals surface area contributed by atoms with E-state index in [0.717, 1.165) is 44.2 Å². The van der Waals surface area contributed by atoms with E-state index >= 15 is 0 Å². The highest BCUT2D eigenvalue weighted by Crippen LogP contribution is 2.08. The first-order valence-electron chi connectivity index (χ1n) is 6.99. The second kappa shape index (κ2) is 6.93. The predicted molar refractivity (Wildman–Crippen MR) is 74.9 cm³/mol. The summed E-state index contributed by atoms with van der Waals surface area (Å²) in [4.78, 5) is 11.0. The second-order valence-corrected chi connectivity index (χ2v) is 5.36. The Kier molecular flexibility index (Phi) is 5.24. The SMILES string of the molecule is Cc1cnc(CNCC2CN(C(C)C)CCO2)cn1. The molecule has 1 aliphatic rings. The number of nitrogens with one attached hydrogen (secondary N) is 1. The van der Waals surface area contributed by atoms with Crippen molar-refractivity contribution in [3.8, 4) is 0 Å². The Morgan fingerprint density at radius 3 is 2.95 bits per heavy atom. The molecule has 2 rings (SSSR count). The molecule has 0 amide bonds. The van der Waals surface area contributed by atoms with Crippen molar-refractivity contribution >= 4 is 0 Å². The zero-order chi connectivity index (χ0) is 13.7. The van der Waals surface area contributed by atoms with Crippen LogP contribution in [0.4, 0.5) is 0 Å². The van der Waals surface area contributed by atoms with Gasteiger partial charge in [-0.1, -0.05) is 0 Å². The molecule has 0 spiro atoms. The summed E-state index contributed by atoms with van der Waals surface area (Å²) in [7, 11) is 0. The lowest BCUT2D eigenvalue weighted by molar-refractivity contribution is -0.0372. The normalized spacial score (nSPS) is 20.9. The lowest BCUT2D eigenvalue weighted by Gasteiger charge is -2.35. The lowest BCUT2D eigenvalue weighted by atomic mass is 10.2. The molecule has 1 N–H and O–H groups in total. The zero-order valence-corrected chi connectivity index (χ0v) is 12.1. The smallest absolute Gasteiger partial charge is 0.0826 e. The number of aryl methyl sites for hydroxylation is 1. The first-order valence-corrected chi connectivity index (χ1v) is 6.99. The van der Waals surface area contributed by atoms with Gasteiger partial charge in [-0.2, -0.15) is 0 Å². The Morgan fingerprint density at radius 2 is 2.26 bits per heavy atom. The Labute approximate surface area is 115 Å². The number of aromatic nitrogens is 2. The standard InChI is InChI=1S/C14H24N4O/c1-11(2)18-4-5-19-14(10-18)9-15-7-13-8-16-12(3)6-17-13/h6,8,11,14-15H,4-5,7,9-10H2,1-3H3. The van der Waals surface area contributed by atoms with E-state index in [0.29, 0.717) is 6.04 Å². The van der Waals surface area contributed by atoms with Crippen molar-refractivity contribution in [2.45, 2.75) is 39.5 Å². The molecule has 1 aromatic heterocycles. The fourth-order valence-corrected chi connectivity index (χ4v) is 2.21. The van der Waals surface area contributed by atoms with Crippen LogP contribution in [0.1, 0.15) is 25.2 Å². The Hall–Kier alpha value is -1.04. The minimum atomic E-state index is 0.273. The third kappa shape index (κ3) is 4.53. The molecule has 5 heteroatoms. The Balaban J connectivity index is 1.72. The average Bonchev–Trinajstić information content (AvgIpc) is 2.41. The average molecular weight is 264 g/mol. The summed E-state index contributed by atoms with van der Waals surface area (Å²) in [5.41, 5.74) is 1.93. The van der Waals surface area contributed by atoms with Crippen molar-refractivity contribution < 1.29 is 4.74 Å². The molecule has 1 saturated heterocycles. The van der Waals surface area contributed by atoms with E-state index in [-0.39, 0.29) is 6.10 Å².